The molecule has 1 saturated heterocycles. The maximum Gasteiger partial charge on any atom is 0.358 e. The first-order chi connectivity index (χ1) is 13.0. The Kier molecular flexibility index (Phi) is 5.92. The summed E-state index contributed by atoms with van der Waals surface area (Å²) in [4.78, 5) is 31.6. The van der Waals surface area contributed by atoms with Gasteiger partial charge in [0.15, 0.2) is 18.1 Å². The molecule has 9 heteroatoms. The topological polar surface area (TPSA) is 107 Å². The van der Waals surface area contributed by atoms with Gasteiger partial charge in [-0.3, -0.25) is 9.78 Å². The van der Waals surface area contributed by atoms with E-state index < -0.39 is 28.4 Å². The Morgan fingerprint density at radius 1 is 1.04 bits per heavy atom. The Hall–Kier alpha value is -2.65. The number of esters is 1. The Morgan fingerprint density at radius 2 is 1.74 bits per heavy atom. The summed E-state index contributed by atoms with van der Waals surface area (Å²) in [6.07, 6.45) is 6.75. The molecule has 3 rings (SSSR count). The Bertz CT molecular complexity index is 908. The highest BCUT2D eigenvalue weighted by atomic mass is 32.2. The number of sulfonamides is 1. The molecule has 27 heavy (non-hydrogen) atoms. The van der Waals surface area contributed by atoms with Gasteiger partial charge in [0, 0.05) is 31.0 Å². The number of ketones is 1. The molecule has 1 fully saturated rings. The first-order valence-corrected chi connectivity index (χ1v) is 9.99. The summed E-state index contributed by atoms with van der Waals surface area (Å²) in [5.74, 6) is -1.19. The van der Waals surface area contributed by atoms with Gasteiger partial charge in [-0.25, -0.2) is 18.2 Å². The smallest absolute Gasteiger partial charge is 0.358 e. The van der Waals surface area contributed by atoms with E-state index in [9.17, 15) is 18.0 Å². The summed E-state index contributed by atoms with van der Waals surface area (Å²) in [5.41, 5.74) is 0.271. The third kappa shape index (κ3) is 4.55. The first kappa shape index (κ1) is 19.1. The van der Waals surface area contributed by atoms with Crippen molar-refractivity contribution in [2.24, 2.45) is 0 Å². The zero-order chi connectivity index (χ0) is 19.3. The predicted molar refractivity (Wildman–Crippen MR) is 95.7 cm³/mol. The molecule has 0 aliphatic carbocycles. The monoisotopic (exact) mass is 389 g/mol. The van der Waals surface area contributed by atoms with Crippen molar-refractivity contribution in [1.82, 2.24) is 14.3 Å². The minimum Gasteiger partial charge on any atom is -0.453 e. The average molecular weight is 389 g/mol. The highest BCUT2D eigenvalue weighted by Crippen LogP contribution is 2.21. The molecule has 1 aromatic carbocycles. The van der Waals surface area contributed by atoms with Crippen LogP contribution in [0.4, 0.5) is 0 Å². The average Bonchev–Trinajstić information content (AvgIpc) is 2.73. The summed E-state index contributed by atoms with van der Waals surface area (Å²) in [7, 11) is -3.54. The van der Waals surface area contributed by atoms with Crippen LogP contribution < -0.4 is 0 Å². The summed E-state index contributed by atoms with van der Waals surface area (Å²) >= 11 is 0. The Morgan fingerprint density at radius 3 is 2.37 bits per heavy atom. The van der Waals surface area contributed by atoms with E-state index in [0.717, 1.165) is 19.3 Å². The maximum absolute atomic E-state index is 12.6. The van der Waals surface area contributed by atoms with Gasteiger partial charge in [0.2, 0.25) is 10.0 Å². The van der Waals surface area contributed by atoms with Gasteiger partial charge in [0.05, 0.1) is 11.1 Å². The zero-order valence-corrected chi connectivity index (χ0v) is 15.4. The van der Waals surface area contributed by atoms with Crippen LogP contribution in [-0.4, -0.2) is 54.1 Å². The van der Waals surface area contributed by atoms with Crippen LogP contribution in [0.25, 0.3) is 0 Å². The fourth-order valence-corrected chi connectivity index (χ4v) is 4.28. The van der Waals surface area contributed by atoms with Crippen LogP contribution in [0.1, 0.15) is 40.1 Å². The number of piperidine rings is 1. The van der Waals surface area contributed by atoms with Gasteiger partial charge in [0.1, 0.15) is 0 Å². The van der Waals surface area contributed by atoms with Crippen LogP contribution in [0.5, 0.6) is 0 Å². The van der Waals surface area contributed by atoms with Gasteiger partial charge >= 0.3 is 5.97 Å². The molecule has 1 aliphatic heterocycles. The SMILES string of the molecule is O=C(COC(=O)c1cnccn1)c1ccc(S(=O)(=O)N2CCCCC2)cc1. The first-order valence-electron chi connectivity index (χ1n) is 8.55. The van der Waals surface area contributed by atoms with E-state index in [0.29, 0.717) is 13.1 Å². The van der Waals surface area contributed by atoms with E-state index in [2.05, 4.69) is 9.97 Å². The normalized spacial score (nSPS) is 15.3. The molecule has 8 nitrogen and oxygen atoms in total. The lowest BCUT2D eigenvalue weighted by molar-refractivity contribution is 0.0468. The van der Waals surface area contributed by atoms with Gasteiger partial charge in [0.25, 0.3) is 0 Å². The second-order valence-electron chi connectivity index (χ2n) is 6.08. The zero-order valence-electron chi connectivity index (χ0n) is 14.6. The lowest BCUT2D eigenvalue weighted by atomic mass is 10.1. The largest absolute Gasteiger partial charge is 0.453 e. The fourth-order valence-electron chi connectivity index (χ4n) is 2.76. The number of hydrogen-bond donors (Lipinski definition) is 0. The van der Waals surface area contributed by atoms with Crippen molar-refractivity contribution in [3.63, 3.8) is 0 Å². The van der Waals surface area contributed by atoms with Crippen molar-refractivity contribution in [2.75, 3.05) is 19.7 Å². The number of carbonyl (C=O) groups excluding carboxylic acids is 2. The standard InChI is InChI=1S/C18H19N3O5S/c22-17(13-26-18(23)16-12-19-8-9-20-16)14-4-6-15(7-5-14)27(24,25)21-10-2-1-3-11-21/h4-9,12H,1-3,10-11,13H2. The quantitative estimate of drug-likeness (QED) is 0.546. The predicted octanol–water partition coefficient (Wildman–Crippen LogP) is 1.69. The van der Waals surface area contributed by atoms with Crippen LogP contribution in [0.2, 0.25) is 0 Å². The van der Waals surface area contributed by atoms with Gasteiger partial charge in [-0.15, -0.1) is 0 Å². The molecule has 0 radical (unpaired) electrons. The number of ether oxygens (including phenoxy) is 1. The van der Waals surface area contributed by atoms with Crippen molar-refractivity contribution in [3.05, 3.63) is 54.1 Å². The van der Waals surface area contributed by atoms with Crippen molar-refractivity contribution >= 4 is 21.8 Å². The number of nitrogens with zero attached hydrogens (tertiary/aromatic N) is 3. The molecule has 0 bridgehead atoms. The molecule has 2 heterocycles. The molecule has 0 saturated carbocycles. The molecule has 0 unspecified atom stereocenters. The third-order valence-corrected chi connectivity index (χ3v) is 6.15. The molecule has 0 N–H and O–H groups in total. The molecular formula is C18H19N3O5S. The van der Waals surface area contributed by atoms with E-state index in [1.165, 1.54) is 47.2 Å². The number of Topliss-reactive ketones (excluding diaryl/α,β-unsaturated/α-hetero) is 1. The summed E-state index contributed by atoms with van der Waals surface area (Å²) < 4.78 is 31.6. The number of rotatable bonds is 6. The number of carbonyl (C=O) groups is 2. The van der Waals surface area contributed by atoms with E-state index in [1.54, 1.807) is 0 Å². The summed E-state index contributed by atoms with van der Waals surface area (Å²) in [6.45, 7) is 0.566. The molecule has 2 aromatic rings. The summed E-state index contributed by atoms with van der Waals surface area (Å²) in [6, 6.07) is 5.66. The van der Waals surface area contributed by atoms with E-state index in [-0.39, 0.29) is 16.2 Å². The van der Waals surface area contributed by atoms with E-state index in [4.69, 9.17) is 4.74 Å². The second kappa shape index (κ2) is 8.36. The van der Waals surface area contributed by atoms with Crippen molar-refractivity contribution in [2.45, 2.75) is 24.2 Å². The van der Waals surface area contributed by atoms with Crippen LogP contribution in [0.3, 0.4) is 0 Å². The van der Waals surface area contributed by atoms with Gasteiger partial charge in [-0.2, -0.15) is 4.31 Å². The molecular weight excluding hydrogens is 370 g/mol. The fraction of sp³-hybridized carbons (Fsp3) is 0.333. The minimum absolute atomic E-state index is 0.00766. The molecule has 1 aliphatic rings. The van der Waals surface area contributed by atoms with Gasteiger partial charge in [-0.05, 0) is 37.1 Å². The second-order valence-corrected chi connectivity index (χ2v) is 8.02. The Labute approximate surface area is 157 Å². The molecule has 0 amide bonds. The van der Waals surface area contributed by atoms with E-state index in [1.807, 2.05) is 0 Å². The molecule has 0 spiro atoms. The number of hydrogen-bond acceptors (Lipinski definition) is 7. The van der Waals surface area contributed by atoms with E-state index >= 15 is 0 Å². The van der Waals surface area contributed by atoms with Crippen LogP contribution in [-0.2, 0) is 14.8 Å². The number of aromatic nitrogens is 2. The highest BCUT2D eigenvalue weighted by Gasteiger charge is 2.26. The van der Waals surface area contributed by atoms with Crippen molar-refractivity contribution in [1.29, 1.82) is 0 Å². The number of benzene rings is 1. The summed E-state index contributed by atoms with van der Waals surface area (Å²) in [5, 5.41) is 0. The van der Waals surface area contributed by atoms with Crippen LogP contribution in [0, 0.1) is 0 Å². The Balaban J connectivity index is 1.62. The molecule has 142 valence electrons. The maximum atomic E-state index is 12.6. The highest BCUT2D eigenvalue weighted by molar-refractivity contribution is 7.89. The van der Waals surface area contributed by atoms with Gasteiger partial charge < -0.3 is 4.74 Å². The molecule has 0 atom stereocenters. The van der Waals surface area contributed by atoms with Crippen molar-refractivity contribution in [3.8, 4) is 0 Å². The van der Waals surface area contributed by atoms with Gasteiger partial charge in [-0.1, -0.05) is 6.42 Å². The van der Waals surface area contributed by atoms with Crippen LogP contribution >= 0.6 is 0 Å². The van der Waals surface area contributed by atoms with Crippen molar-refractivity contribution < 1.29 is 22.7 Å². The van der Waals surface area contributed by atoms with Crippen LogP contribution in [0.15, 0.2) is 47.8 Å². The lowest BCUT2D eigenvalue weighted by Crippen LogP contribution is -2.35. The lowest BCUT2D eigenvalue weighted by Gasteiger charge is -2.25. The third-order valence-electron chi connectivity index (χ3n) is 4.24. The minimum atomic E-state index is -3.54. The molecule has 1 aromatic heterocycles.